The lowest BCUT2D eigenvalue weighted by Crippen LogP contribution is -2.56. The molecule has 46 heavy (non-hydrogen) atoms. The fraction of sp³-hybridized carbons (Fsp3) is 0.659. The summed E-state index contributed by atoms with van der Waals surface area (Å²) >= 11 is 0. The van der Waals surface area contributed by atoms with Crippen molar-refractivity contribution in [3.8, 4) is 11.8 Å². The second kappa shape index (κ2) is 12.9. The Labute approximate surface area is 278 Å². The third kappa shape index (κ3) is 6.97. The van der Waals surface area contributed by atoms with Crippen molar-refractivity contribution in [3.63, 3.8) is 0 Å². The van der Waals surface area contributed by atoms with Crippen LogP contribution in [0.2, 0.25) is 0 Å². The van der Waals surface area contributed by atoms with Gasteiger partial charge in [0.15, 0.2) is 11.6 Å². The van der Waals surface area contributed by atoms with Crippen molar-refractivity contribution in [2.45, 2.75) is 133 Å². The van der Waals surface area contributed by atoms with Gasteiger partial charge in [0, 0.05) is 17.3 Å². The summed E-state index contributed by atoms with van der Waals surface area (Å²) in [5, 5.41) is 10.0. The van der Waals surface area contributed by atoms with Crippen LogP contribution in [-0.2, 0) is 14.4 Å². The molecule has 250 valence electrons. The molecule has 0 unspecified atom stereocenters. The molecule has 5 heteroatoms. The number of carbonyl (C=O) groups is 3. The van der Waals surface area contributed by atoms with Crippen LogP contribution >= 0.6 is 0 Å². The zero-order valence-electron chi connectivity index (χ0n) is 30.0. The molecule has 4 rings (SSSR count). The molecular formula is C41H57NO4. The number of rotatable bonds is 6. The summed E-state index contributed by atoms with van der Waals surface area (Å²) in [6.07, 6.45) is 14.0. The predicted octanol–water partition coefficient (Wildman–Crippen LogP) is 10.2. The van der Waals surface area contributed by atoms with Crippen LogP contribution in [0.15, 0.2) is 53.6 Å². The number of Topliss-reactive ketones (excluding diaryl/α,β-unsaturated/α-hetero) is 1. The topological polar surface area (TPSA) is 84.2 Å². The maximum atomic E-state index is 13.4. The van der Waals surface area contributed by atoms with Gasteiger partial charge in [-0.2, -0.15) is 5.26 Å². The number of fused-ring (bicyclic) bond motifs is 1. The number of para-hydroxylation sites is 1. The van der Waals surface area contributed by atoms with E-state index < -0.39 is 10.8 Å². The van der Waals surface area contributed by atoms with Crippen LogP contribution in [0.5, 0.6) is 5.75 Å². The van der Waals surface area contributed by atoms with Gasteiger partial charge < -0.3 is 4.74 Å². The zero-order valence-corrected chi connectivity index (χ0v) is 30.0. The van der Waals surface area contributed by atoms with Crippen molar-refractivity contribution in [1.82, 2.24) is 0 Å². The van der Waals surface area contributed by atoms with Crippen molar-refractivity contribution >= 4 is 17.5 Å². The minimum atomic E-state index is -0.694. The van der Waals surface area contributed by atoms with Crippen LogP contribution in [0.1, 0.15) is 133 Å². The van der Waals surface area contributed by atoms with Gasteiger partial charge in [0.1, 0.15) is 11.8 Å². The van der Waals surface area contributed by atoms with Gasteiger partial charge in [0.05, 0.1) is 5.57 Å². The Kier molecular flexibility index (Phi) is 10.0. The molecule has 0 heterocycles. The van der Waals surface area contributed by atoms with Gasteiger partial charge in [0.2, 0.25) is 0 Å². The second-order valence-corrected chi connectivity index (χ2v) is 17.3. The molecule has 1 aromatic carbocycles. The number of hydrogen-bond acceptors (Lipinski definition) is 5. The molecule has 2 saturated carbocycles. The number of nitrogens with zero attached hydrogens (tertiary/aromatic N) is 1. The van der Waals surface area contributed by atoms with Crippen molar-refractivity contribution < 1.29 is 19.1 Å². The fourth-order valence-electron chi connectivity index (χ4n) is 9.46. The Morgan fingerprint density at radius 2 is 1.57 bits per heavy atom. The summed E-state index contributed by atoms with van der Waals surface area (Å²) in [5.74, 6) is 0.325. The first-order chi connectivity index (χ1) is 21.3. The molecule has 0 radical (unpaired) electrons. The van der Waals surface area contributed by atoms with Gasteiger partial charge in [0.25, 0.3) is 0 Å². The predicted molar refractivity (Wildman–Crippen MR) is 184 cm³/mol. The van der Waals surface area contributed by atoms with Crippen LogP contribution in [0, 0.1) is 49.7 Å². The van der Waals surface area contributed by atoms with E-state index in [0.717, 1.165) is 69.8 Å². The van der Waals surface area contributed by atoms with E-state index in [0.29, 0.717) is 12.2 Å². The Hall–Kier alpha value is -3.00. The van der Waals surface area contributed by atoms with E-state index in [1.807, 2.05) is 56.3 Å². The van der Waals surface area contributed by atoms with Gasteiger partial charge in [-0.1, -0.05) is 91.7 Å². The first-order valence-corrected chi connectivity index (χ1v) is 17.5. The maximum Gasteiger partial charge on any atom is 0.311 e. The normalized spacial score (nSPS) is 35.3. The largest absolute Gasteiger partial charge is 0.427 e. The Morgan fingerprint density at radius 3 is 2.20 bits per heavy atom. The van der Waals surface area contributed by atoms with Crippen molar-refractivity contribution in [1.29, 1.82) is 5.26 Å². The Morgan fingerprint density at radius 1 is 0.913 bits per heavy atom. The van der Waals surface area contributed by atoms with E-state index in [-0.39, 0.29) is 50.7 Å². The summed E-state index contributed by atoms with van der Waals surface area (Å²) < 4.78 is 5.67. The minimum absolute atomic E-state index is 0.00577. The number of ketones is 2. The molecule has 0 amide bonds. The summed E-state index contributed by atoms with van der Waals surface area (Å²) in [6.45, 7) is 19.7. The Bertz CT molecular complexity index is 1440. The molecule has 0 N–H and O–H groups in total. The van der Waals surface area contributed by atoms with Crippen LogP contribution in [0.25, 0.3) is 0 Å². The molecule has 0 spiro atoms. The summed E-state index contributed by atoms with van der Waals surface area (Å²) in [6, 6.07) is 11.5. The first-order valence-electron chi connectivity index (χ1n) is 17.5. The molecule has 3 aliphatic rings. The number of hydrogen-bond donors (Lipinski definition) is 0. The van der Waals surface area contributed by atoms with E-state index >= 15 is 0 Å². The number of benzene rings is 1. The minimum Gasteiger partial charge on any atom is -0.427 e. The van der Waals surface area contributed by atoms with Gasteiger partial charge in [-0.25, -0.2) is 0 Å². The number of ether oxygens (including phenoxy) is 1. The van der Waals surface area contributed by atoms with E-state index in [4.69, 9.17) is 4.74 Å². The van der Waals surface area contributed by atoms with Gasteiger partial charge in [-0.15, -0.1) is 0 Å². The molecule has 1 aromatic rings. The van der Waals surface area contributed by atoms with Crippen LogP contribution in [0.4, 0.5) is 0 Å². The van der Waals surface area contributed by atoms with Crippen LogP contribution < -0.4 is 4.74 Å². The smallest absolute Gasteiger partial charge is 0.311 e. The molecule has 5 nitrogen and oxygen atoms in total. The molecule has 0 aliphatic heterocycles. The third-order valence-electron chi connectivity index (χ3n) is 13.0. The summed E-state index contributed by atoms with van der Waals surface area (Å²) in [7, 11) is 0. The van der Waals surface area contributed by atoms with Crippen LogP contribution in [0.3, 0.4) is 0 Å². The van der Waals surface area contributed by atoms with E-state index in [2.05, 4.69) is 47.6 Å². The van der Waals surface area contributed by atoms with Gasteiger partial charge in [-0.3, -0.25) is 14.4 Å². The number of nitriles is 1. The first kappa shape index (κ1) is 35.8. The molecule has 2 fully saturated rings. The highest BCUT2D eigenvalue weighted by molar-refractivity contribution is 6.04. The van der Waals surface area contributed by atoms with Crippen molar-refractivity contribution in [2.75, 3.05) is 0 Å². The highest BCUT2D eigenvalue weighted by atomic mass is 16.5. The maximum absolute atomic E-state index is 13.4. The van der Waals surface area contributed by atoms with E-state index in [1.54, 1.807) is 6.92 Å². The number of allylic oxidation sites excluding steroid dienone is 4. The molecule has 3 aliphatic carbocycles. The molecular weight excluding hydrogens is 570 g/mol. The summed E-state index contributed by atoms with van der Waals surface area (Å²) in [4.78, 5) is 39.4. The average molecular weight is 628 g/mol. The van der Waals surface area contributed by atoms with Crippen LogP contribution in [-0.4, -0.2) is 17.5 Å². The highest BCUT2D eigenvalue weighted by Gasteiger charge is 2.61. The lowest BCUT2D eigenvalue weighted by atomic mass is 9.41. The lowest BCUT2D eigenvalue weighted by Gasteiger charge is -2.62. The van der Waals surface area contributed by atoms with Crippen molar-refractivity contribution in [3.05, 3.63) is 53.6 Å². The van der Waals surface area contributed by atoms with Gasteiger partial charge in [-0.05, 0) is 110 Å². The Balaban J connectivity index is 1.71. The SMILES string of the molecule is CC(=O)/C=C1/[C@@]2(C)C=C(C#N)C(=O)C(C)(C)[C@@H]2CC[C@@]1(C)[C@@]1(C)CCCC(C)(C)CC[C@](C)(CCC(=O)Oc2ccccc2)CC1. The molecule has 5 atom stereocenters. The quantitative estimate of drug-likeness (QED) is 0.178. The van der Waals surface area contributed by atoms with Crippen molar-refractivity contribution in [2.24, 2.45) is 38.4 Å². The average Bonchev–Trinajstić information content (AvgIpc) is 2.98. The highest BCUT2D eigenvalue weighted by Crippen LogP contribution is 2.68. The zero-order chi connectivity index (χ0) is 34.2. The number of esters is 1. The number of carbonyl (C=O) groups excluding carboxylic acids is 3. The van der Waals surface area contributed by atoms with Gasteiger partial charge >= 0.3 is 5.97 Å². The second-order valence-electron chi connectivity index (χ2n) is 17.3. The molecule has 0 saturated heterocycles. The fourth-order valence-corrected chi connectivity index (χ4v) is 9.46. The van der Waals surface area contributed by atoms with E-state index in [9.17, 15) is 19.6 Å². The summed E-state index contributed by atoms with van der Waals surface area (Å²) in [5.41, 5.74) is -0.268. The van der Waals surface area contributed by atoms with E-state index in [1.165, 1.54) is 0 Å². The molecule has 0 bridgehead atoms. The molecule has 0 aromatic heterocycles. The lowest BCUT2D eigenvalue weighted by molar-refractivity contribution is -0.135. The third-order valence-corrected chi connectivity index (χ3v) is 13.0. The monoisotopic (exact) mass is 627 g/mol. The standard InChI is InChI=1S/C41H57NO4/c1-29(43)26-33-40(8)27-30(28-42)35(45)37(4,5)32(40)16-21-41(33,9)39(7)19-13-18-36(2,3)22-23-38(6,24-25-39)20-17-34(44)46-31-14-11-10-12-15-31/h10-12,14-15,26-27,32H,13,16-25H2,1-9H3/b33-26-/t32-,38-,39-,40-,41+/m0/s1.